The van der Waals surface area contributed by atoms with E-state index in [1.54, 1.807) is 18.2 Å². The number of nitrogens with two attached hydrogens (primary N) is 1. The summed E-state index contributed by atoms with van der Waals surface area (Å²) in [6, 6.07) is 12.5. The van der Waals surface area contributed by atoms with Crippen LogP contribution in [0.3, 0.4) is 0 Å². The molecule has 4 rings (SSSR count). The zero-order valence-electron chi connectivity index (χ0n) is 13.3. The number of nitrogen functional groups attached to an aromatic ring is 1. The number of rotatable bonds is 3. The van der Waals surface area contributed by atoms with Crippen LogP contribution in [0.25, 0.3) is 10.9 Å². The van der Waals surface area contributed by atoms with Gasteiger partial charge in [0.05, 0.1) is 5.52 Å². The lowest BCUT2D eigenvalue weighted by molar-refractivity contribution is 0.0453. The predicted octanol–water partition coefficient (Wildman–Crippen LogP) is 2.34. The van der Waals surface area contributed by atoms with Crippen molar-refractivity contribution in [3.05, 3.63) is 53.9 Å². The van der Waals surface area contributed by atoms with Crippen molar-refractivity contribution in [3.8, 4) is 11.5 Å². The Kier molecular flexibility index (Phi) is 3.81. The highest BCUT2D eigenvalue weighted by Crippen LogP contribution is 2.34. The smallest absolute Gasteiger partial charge is 0.342 e. The summed E-state index contributed by atoms with van der Waals surface area (Å²) in [7, 11) is 0. The maximum Gasteiger partial charge on any atom is 0.342 e. The van der Waals surface area contributed by atoms with Crippen LogP contribution in [-0.4, -0.2) is 29.2 Å². The molecule has 7 nitrogen and oxygen atoms in total. The van der Waals surface area contributed by atoms with Gasteiger partial charge in [0.25, 0.3) is 0 Å². The summed E-state index contributed by atoms with van der Waals surface area (Å²) in [5, 5.41) is 0.764. The molecule has 2 aromatic carbocycles. The Morgan fingerprint density at radius 1 is 1.08 bits per heavy atom. The molecule has 0 amide bonds. The lowest BCUT2D eigenvalue weighted by Crippen LogP contribution is -2.18. The van der Waals surface area contributed by atoms with Gasteiger partial charge in [-0.15, -0.1) is 0 Å². The van der Waals surface area contributed by atoms with E-state index in [1.807, 2.05) is 24.3 Å². The van der Waals surface area contributed by atoms with Crippen LogP contribution in [0.5, 0.6) is 11.5 Å². The molecule has 0 saturated heterocycles. The van der Waals surface area contributed by atoms with Gasteiger partial charge < -0.3 is 19.9 Å². The van der Waals surface area contributed by atoms with Gasteiger partial charge >= 0.3 is 5.97 Å². The first kappa shape index (κ1) is 15.2. The summed E-state index contributed by atoms with van der Waals surface area (Å²) in [6.45, 7) is 0.760. The summed E-state index contributed by atoms with van der Waals surface area (Å²) < 4.78 is 16.3. The predicted molar refractivity (Wildman–Crippen MR) is 90.5 cm³/mol. The Labute approximate surface area is 143 Å². The van der Waals surface area contributed by atoms with Crippen LogP contribution in [-0.2, 0) is 11.3 Å². The zero-order chi connectivity index (χ0) is 17.2. The molecular weight excluding hydrogens is 322 g/mol. The Morgan fingerprint density at radius 2 is 1.92 bits per heavy atom. The molecule has 0 aliphatic carbocycles. The minimum atomic E-state index is -0.530. The Hall–Kier alpha value is -3.35. The van der Waals surface area contributed by atoms with E-state index in [9.17, 15) is 4.79 Å². The van der Waals surface area contributed by atoms with E-state index in [2.05, 4.69) is 9.97 Å². The second kappa shape index (κ2) is 6.27. The van der Waals surface area contributed by atoms with Crippen molar-refractivity contribution in [1.82, 2.24) is 9.97 Å². The largest absolute Gasteiger partial charge is 0.486 e. The van der Waals surface area contributed by atoms with Crippen molar-refractivity contribution in [3.63, 3.8) is 0 Å². The Balaban J connectivity index is 1.55. The molecule has 0 spiro atoms. The molecule has 3 aromatic rings. The summed E-state index contributed by atoms with van der Waals surface area (Å²) >= 11 is 0. The topological polar surface area (TPSA) is 96.6 Å². The molecule has 7 heteroatoms. The third kappa shape index (κ3) is 2.91. The van der Waals surface area contributed by atoms with Gasteiger partial charge in [0, 0.05) is 5.39 Å². The standard InChI is InChI=1S/C18H15N3O4/c19-17-11-4-1-2-6-13(11)20-15(21-17)10-25-18(22)12-5-3-7-14-16(12)24-9-8-23-14/h1-7H,8-10H2,(H2,19,20,21). The summed E-state index contributed by atoms with van der Waals surface area (Å²) in [5.41, 5.74) is 6.95. The van der Waals surface area contributed by atoms with Crippen LogP contribution in [0.15, 0.2) is 42.5 Å². The number of ether oxygens (including phenoxy) is 3. The van der Waals surface area contributed by atoms with Crippen molar-refractivity contribution in [1.29, 1.82) is 0 Å². The first-order valence-electron chi connectivity index (χ1n) is 7.79. The van der Waals surface area contributed by atoms with Crippen molar-refractivity contribution in [2.45, 2.75) is 6.61 Å². The van der Waals surface area contributed by atoms with Crippen LogP contribution in [0.4, 0.5) is 5.82 Å². The summed E-state index contributed by atoms with van der Waals surface area (Å²) in [4.78, 5) is 20.9. The molecule has 1 aliphatic heterocycles. The number of fused-ring (bicyclic) bond motifs is 2. The Bertz CT molecular complexity index is 958. The van der Waals surface area contributed by atoms with Crippen molar-refractivity contribution in [2.24, 2.45) is 0 Å². The van der Waals surface area contributed by atoms with E-state index in [-0.39, 0.29) is 6.61 Å². The van der Waals surface area contributed by atoms with E-state index in [0.29, 0.717) is 47.4 Å². The van der Waals surface area contributed by atoms with Gasteiger partial charge in [-0.25, -0.2) is 14.8 Å². The lowest BCUT2D eigenvalue weighted by Gasteiger charge is -2.20. The van der Waals surface area contributed by atoms with Gasteiger partial charge in [0.1, 0.15) is 24.6 Å². The molecule has 0 saturated carbocycles. The van der Waals surface area contributed by atoms with E-state index < -0.39 is 5.97 Å². The molecular formula is C18H15N3O4. The van der Waals surface area contributed by atoms with Gasteiger partial charge in [-0.2, -0.15) is 0 Å². The van der Waals surface area contributed by atoms with Crippen molar-refractivity contribution in [2.75, 3.05) is 18.9 Å². The summed E-state index contributed by atoms with van der Waals surface area (Å²) in [5.74, 6) is 1.10. The number of esters is 1. The van der Waals surface area contributed by atoms with Crippen molar-refractivity contribution < 1.29 is 19.0 Å². The van der Waals surface area contributed by atoms with Crippen LogP contribution in [0.2, 0.25) is 0 Å². The van der Waals surface area contributed by atoms with Gasteiger partial charge in [0.15, 0.2) is 23.9 Å². The van der Waals surface area contributed by atoms with Gasteiger partial charge in [0.2, 0.25) is 0 Å². The van der Waals surface area contributed by atoms with Gasteiger partial charge in [-0.1, -0.05) is 18.2 Å². The van der Waals surface area contributed by atoms with Crippen LogP contribution < -0.4 is 15.2 Å². The van der Waals surface area contributed by atoms with Gasteiger partial charge in [-0.05, 0) is 24.3 Å². The number of hydrogen-bond acceptors (Lipinski definition) is 7. The third-order valence-electron chi connectivity index (χ3n) is 3.80. The number of carbonyl (C=O) groups excluding carboxylic acids is 1. The minimum absolute atomic E-state index is 0.0849. The highest BCUT2D eigenvalue weighted by atomic mass is 16.6. The van der Waals surface area contributed by atoms with E-state index >= 15 is 0 Å². The molecule has 1 aromatic heterocycles. The fourth-order valence-electron chi connectivity index (χ4n) is 2.66. The van der Waals surface area contributed by atoms with Crippen LogP contribution in [0, 0.1) is 0 Å². The highest BCUT2D eigenvalue weighted by Gasteiger charge is 2.21. The highest BCUT2D eigenvalue weighted by molar-refractivity contribution is 5.93. The number of hydrogen-bond donors (Lipinski definition) is 1. The average molecular weight is 337 g/mol. The number of nitrogens with zero attached hydrogens (tertiary/aromatic N) is 2. The maximum absolute atomic E-state index is 12.4. The van der Waals surface area contributed by atoms with E-state index in [4.69, 9.17) is 19.9 Å². The SMILES string of the molecule is Nc1nc(COC(=O)c2cccc3c2OCCO3)nc2ccccc12. The Morgan fingerprint density at radius 3 is 2.84 bits per heavy atom. The normalized spacial score (nSPS) is 12.8. The monoisotopic (exact) mass is 337 g/mol. The first-order chi connectivity index (χ1) is 12.2. The fourth-order valence-corrected chi connectivity index (χ4v) is 2.66. The lowest BCUT2D eigenvalue weighted by atomic mass is 10.2. The third-order valence-corrected chi connectivity index (χ3v) is 3.80. The first-order valence-corrected chi connectivity index (χ1v) is 7.79. The summed E-state index contributed by atoms with van der Waals surface area (Å²) in [6.07, 6.45) is 0. The molecule has 2 heterocycles. The molecule has 2 N–H and O–H groups in total. The number of aromatic nitrogens is 2. The number of anilines is 1. The average Bonchev–Trinajstić information content (AvgIpc) is 2.66. The second-order valence-electron chi connectivity index (χ2n) is 5.45. The molecule has 126 valence electrons. The molecule has 25 heavy (non-hydrogen) atoms. The van der Waals surface area contributed by atoms with E-state index in [0.717, 1.165) is 5.39 Å². The van der Waals surface area contributed by atoms with Gasteiger partial charge in [-0.3, -0.25) is 0 Å². The minimum Gasteiger partial charge on any atom is -0.486 e. The quantitative estimate of drug-likeness (QED) is 0.733. The molecule has 0 fully saturated rings. The van der Waals surface area contributed by atoms with Crippen molar-refractivity contribution >= 4 is 22.7 Å². The number of benzene rings is 2. The molecule has 0 bridgehead atoms. The fraction of sp³-hybridized carbons (Fsp3) is 0.167. The van der Waals surface area contributed by atoms with E-state index in [1.165, 1.54) is 0 Å². The molecule has 0 atom stereocenters. The van der Waals surface area contributed by atoms with Crippen LogP contribution >= 0.6 is 0 Å². The molecule has 0 radical (unpaired) electrons. The molecule has 0 unspecified atom stereocenters. The molecule has 1 aliphatic rings. The number of carbonyl (C=O) groups is 1. The maximum atomic E-state index is 12.4. The number of para-hydroxylation sites is 2. The zero-order valence-corrected chi connectivity index (χ0v) is 13.3. The van der Waals surface area contributed by atoms with Crippen LogP contribution in [0.1, 0.15) is 16.2 Å². The second-order valence-corrected chi connectivity index (χ2v) is 5.45.